The maximum absolute atomic E-state index is 12.4. The fraction of sp³-hybridized carbons (Fsp3) is 0.444. The Labute approximate surface area is 145 Å². The molecule has 24 heavy (non-hydrogen) atoms. The summed E-state index contributed by atoms with van der Waals surface area (Å²) in [6.07, 6.45) is 5.28. The summed E-state index contributed by atoms with van der Waals surface area (Å²) in [5.74, 6) is 0.985. The zero-order valence-electron chi connectivity index (χ0n) is 13.6. The van der Waals surface area contributed by atoms with Crippen molar-refractivity contribution >= 4 is 23.1 Å². The van der Waals surface area contributed by atoms with Crippen molar-refractivity contribution < 1.29 is 9.53 Å². The Kier molecular flexibility index (Phi) is 4.49. The summed E-state index contributed by atoms with van der Waals surface area (Å²) >= 11 is 1.64. The molecule has 1 fully saturated rings. The molecule has 5 nitrogen and oxygen atoms in total. The molecule has 2 aromatic rings. The molecule has 0 bridgehead atoms. The monoisotopic (exact) mass is 343 g/mol. The van der Waals surface area contributed by atoms with Crippen molar-refractivity contribution in [1.82, 2.24) is 10.3 Å². The number of amides is 1. The van der Waals surface area contributed by atoms with Crippen LogP contribution in [0.3, 0.4) is 0 Å². The molecule has 2 aromatic heterocycles. The Morgan fingerprint density at radius 1 is 1.29 bits per heavy atom. The third kappa shape index (κ3) is 3.30. The van der Waals surface area contributed by atoms with E-state index < -0.39 is 0 Å². The van der Waals surface area contributed by atoms with Crippen LogP contribution in [-0.4, -0.2) is 37.2 Å². The van der Waals surface area contributed by atoms with Crippen molar-refractivity contribution in [2.24, 2.45) is 0 Å². The SMILES string of the molecule is O=C(NCc1ccnc(N2CCOCC2)c1)c1cc2c(s1)CCC2. The largest absolute Gasteiger partial charge is 0.378 e. The molecule has 6 heteroatoms. The lowest BCUT2D eigenvalue weighted by molar-refractivity contribution is 0.0955. The first kappa shape index (κ1) is 15.6. The van der Waals surface area contributed by atoms with Crippen molar-refractivity contribution in [2.75, 3.05) is 31.2 Å². The Morgan fingerprint density at radius 2 is 2.17 bits per heavy atom. The standard InChI is InChI=1S/C18H21N3O2S/c22-18(16-11-14-2-1-3-15(14)24-16)20-12-13-4-5-19-17(10-13)21-6-8-23-9-7-21/h4-5,10-11H,1-3,6-9,12H2,(H,20,22). The van der Waals surface area contributed by atoms with Crippen molar-refractivity contribution in [2.45, 2.75) is 25.8 Å². The van der Waals surface area contributed by atoms with Crippen LogP contribution in [0.4, 0.5) is 5.82 Å². The average Bonchev–Trinajstić information content (AvgIpc) is 3.23. The van der Waals surface area contributed by atoms with Crippen LogP contribution in [0.5, 0.6) is 0 Å². The van der Waals surface area contributed by atoms with Gasteiger partial charge in [-0.15, -0.1) is 11.3 Å². The van der Waals surface area contributed by atoms with E-state index in [-0.39, 0.29) is 5.91 Å². The Hall–Kier alpha value is -1.92. The highest BCUT2D eigenvalue weighted by atomic mass is 32.1. The number of carbonyl (C=O) groups excluding carboxylic acids is 1. The number of ether oxygens (including phenoxy) is 1. The fourth-order valence-electron chi connectivity index (χ4n) is 3.25. The molecule has 126 valence electrons. The highest BCUT2D eigenvalue weighted by molar-refractivity contribution is 7.14. The summed E-state index contributed by atoms with van der Waals surface area (Å²) in [6, 6.07) is 6.08. The van der Waals surface area contributed by atoms with E-state index in [1.165, 1.54) is 16.9 Å². The third-order valence-corrected chi connectivity index (χ3v) is 5.80. The highest BCUT2D eigenvalue weighted by Crippen LogP contribution is 2.30. The number of fused-ring (bicyclic) bond motifs is 1. The van der Waals surface area contributed by atoms with Gasteiger partial charge in [0, 0.05) is 30.7 Å². The topological polar surface area (TPSA) is 54.5 Å². The second-order valence-corrected chi connectivity index (χ2v) is 7.35. The number of rotatable bonds is 4. The maximum Gasteiger partial charge on any atom is 0.261 e. The third-order valence-electron chi connectivity index (χ3n) is 4.57. The molecule has 4 rings (SSSR count). The number of hydrogen-bond donors (Lipinski definition) is 1. The van der Waals surface area contributed by atoms with Crippen LogP contribution in [0.15, 0.2) is 24.4 Å². The molecule has 1 N–H and O–H groups in total. The molecular formula is C18H21N3O2S. The van der Waals surface area contributed by atoms with Crippen molar-refractivity contribution in [3.05, 3.63) is 45.3 Å². The summed E-state index contributed by atoms with van der Waals surface area (Å²) in [4.78, 5) is 21.3. The molecule has 0 atom stereocenters. The number of morpholine rings is 1. The first-order valence-electron chi connectivity index (χ1n) is 8.47. The van der Waals surface area contributed by atoms with Gasteiger partial charge < -0.3 is 15.0 Å². The number of carbonyl (C=O) groups is 1. The lowest BCUT2D eigenvalue weighted by Crippen LogP contribution is -2.36. The first-order chi connectivity index (χ1) is 11.8. The van der Waals surface area contributed by atoms with E-state index in [1.807, 2.05) is 12.3 Å². The fourth-order valence-corrected chi connectivity index (χ4v) is 4.42. The number of nitrogens with zero attached hydrogens (tertiary/aromatic N) is 2. The normalized spacial score (nSPS) is 16.9. The molecule has 0 spiro atoms. The number of pyridine rings is 1. The van der Waals surface area contributed by atoms with Crippen molar-refractivity contribution in [1.29, 1.82) is 0 Å². The van der Waals surface area contributed by atoms with Gasteiger partial charge >= 0.3 is 0 Å². The van der Waals surface area contributed by atoms with Gasteiger partial charge in [0.1, 0.15) is 5.82 Å². The molecule has 0 unspecified atom stereocenters. The minimum absolute atomic E-state index is 0.0270. The van der Waals surface area contributed by atoms with Gasteiger partial charge in [0.05, 0.1) is 18.1 Å². The van der Waals surface area contributed by atoms with Crippen molar-refractivity contribution in [3.63, 3.8) is 0 Å². The highest BCUT2D eigenvalue weighted by Gasteiger charge is 2.18. The average molecular weight is 343 g/mol. The second kappa shape index (κ2) is 6.91. The molecule has 2 aliphatic rings. The molecule has 0 radical (unpaired) electrons. The molecular weight excluding hydrogens is 322 g/mol. The lowest BCUT2D eigenvalue weighted by Gasteiger charge is -2.28. The summed E-state index contributed by atoms with van der Waals surface area (Å²) in [6.45, 7) is 3.74. The van der Waals surface area contributed by atoms with E-state index in [0.717, 1.165) is 55.4 Å². The Balaban J connectivity index is 1.39. The van der Waals surface area contributed by atoms with Gasteiger partial charge in [-0.3, -0.25) is 4.79 Å². The minimum atomic E-state index is 0.0270. The van der Waals surface area contributed by atoms with Gasteiger partial charge in [0.25, 0.3) is 5.91 Å². The second-order valence-electron chi connectivity index (χ2n) is 6.22. The Bertz CT molecular complexity index is 716. The van der Waals surface area contributed by atoms with E-state index in [4.69, 9.17) is 4.74 Å². The maximum atomic E-state index is 12.4. The van der Waals surface area contributed by atoms with Crippen LogP contribution in [-0.2, 0) is 24.1 Å². The quantitative estimate of drug-likeness (QED) is 0.926. The van der Waals surface area contributed by atoms with Gasteiger partial charge in [-0.1, -0.05) is 0 Å². The number of thiophene rings is 1. The predicted molar refractivity (Wildman–Crippen MR) is 94.8 cm³/mol. The van der Waals surface area contributed by atoms with Gasteiger partial charge in [-0.25, -0.2) is 4.98 Å². The van der Waals surface area contributed by atoms with E-state index in [0.29, 0.717) is 6.54 Å². The van der Waals surface area contributed by atoms with Crippen LogP contribution in [0.1, 0.15) is 32.1 Å². The van der Waals surface area contributed by atoms with E-state index >= 15 is 0 Å². The number of aromatic nitrogens is 1. The number of nitrogens with one attached hydrogen (secondary N) is 1. The van der Waals surface area contributed by atoms with Gasteiger partial charge in [-0.05, 0) is 48.6 Å². The summed E-state index contributed by atoms with van der Waals surface area (Å²) in [5, 5.41) is 3.03. The smallest absolute Gasteiger partial charge is 0.261 e. The van der Waals surface area contributed by atoms with Crippen LogP contribution in [0, 0.1) is 0 Å². The minimum Gasteiger partial charge on any atom is -0.378 e. The van der Waals surface area contributed by atoms with Gasteiger partial charge in [0.15, 0.2) is 0 Å². The van der Waals surface area contributed by atoms with Crippen LogP contribution < -0.4 is 10.2 Å². The number of anilines is 1. The van der Waals surface area contributed by atoms with Crippen LogP contribution in [0.2, 0.25) is 0 Å². The summed E-state index contributed by atoms with van der Waals surface area (Å²) in [5.41, 5.74) is 2.44. The molecule has 1 amide bonds. The van der Waals surface area contributed by atoms with Gasteiger partial charge in [-0.2, -0.15) is 0 Å². The number of aryl methyl sites for hydroxylation is 2. The predicted octanol–water partition coefficient (Wildman–Crippen LogP) is 2.40. The first-order valence-corrected chi connectivity index (χ1v) is 9.29. The van der Waals surface area contributed by atoms with E-state index in [9.17, 15) is 4.79 Å². The summed E-state index contributed by atoms with van der Waals surface area (Å²) in [7, 11) is 0. The van der Waals surface area contributed by atoms with Crippen LogP contribution in [0.25, 0.3) is 0 Å². The lowest BCUT2D eigenvalue weighted by atomic mass is 10.2. The number of hydrogen-bond acceptors (Lipinski definition) is 5. The van der Waals surface area contributed by atoms with Crippen LogP contribution >= 0.6 is 11.3 Å². The molecule has 1 saturated heterocycles. The molecule has 3 heterocycles. The van der Waals surface area contributed by atoms with Gasteiger partial charge in [0.2, 0.25) is 0 Å². The zero-order chi connectivity index (χ0) is 16.4. The van der Waals surface area contributed by atoms with E-state index in [2.05, 4.69) is 27.3 Å². The molecule has 0 saturated carbocycles. The summed E-state index contributed by atoms with van der Waals surface area (Å²) < 4.78 is 5.38. The molecule has 1 aliphatic carbocycles. The molecule has 1 aliphatic heterocycles. The Morgan fingerprint density at radius 3 is 3.00 bits per heavy atom. The molecule has 0 aromatic carbocycles. The zero-order valence-corrected chi connectivity index (χ0v) is 14.4. The van der Waals surface area contributed by atoms with E-state index in [1.54, 1.807) is 11.3 Å². The van der Waals surface area contributed by atoms with Crippen molar-refractivity contribution in [3.8, 4) is 0 Å².